The lowest BCUT2D eigenvalue weighted by molar-refractivity contribution is 0.574. The normalized spacial score (nSPS) is 18.9. The van der Waals surface area contributed by atoms with E-state index in [1.807, 2.05) is 18.2 Å². The number of benzene rings is 1. The van der Waals surface area contributed by atoms with Crippen molar-refractivity contribution in [3.63, 3.8) is 0 Å². The van der Waals surface area contributed by atoms with Crippen molar-refractivity contribution in [3.05, 3.63) is 28.2 Å². The minimum absolute atomic E-state index is 0.657. The predicted octanol–water partition coefficient (Wildman–Crippen LogP) is 2.87. The second-order valence-electron chi connectivity index (χ2n) is 4.35. The SMILES string of the molecule is N#Cc1cc(Br)cc(NCC[C@@H]2CCCN2)c1. The first-order valence-electron chi connectivity index (χ1n) is 5.96. The van der Waals surface area contributed by atoms with Gasteiger partial charge in [-0.05, 0) is 44.0 Å². The Bertz CT molecular complexity index is 419. The Morgan fingerprint density at radius 2 is 2.35 bits per heavy atom. The van der Waals surface area contributed by atoms with Crippen LogP contribution in [0.3, 0.4) is 0 Å². The van der Waals surface area contributed by atoms with E-state index in [4.69, 9.17) is 5.26 Å². The fraction of sp³-hybridized carbons (Fsp3) is 0.462. The lowest BCUT2D eigenvalue weighted by atomic mass is 10.1. The summed E-state index contributed by atoms with van der Waals surface area (Å²) in [6.45, 7) is 2.10. The highest BCUT2D eigenvalue weighted by Crippen LogP contribution is 2.19. The molecule has 17 heavy (non-hydrogen) atoms. The number of nitrogens with zero attached hydrogens (tertiary/aromatic N) is 1. The van der Waals surface area contributed by atoms with Gasteiger partial charge in [0.05, 0.1) is 11.6 Å². The van der Waals surface area contributed by atoms with E-state index < -0.39 is 0 Å². The Morgan fingerprint density at radius 1 is 1.47 bits per heavy atom. The molecule has 0 aromatic heterocycles. The van der Waals surface area contributed by atoms with E-state index in [2.05, 4.69) is 32.6 Å². The summed E-state index contributed by atoms with van der Waals surface area (Å²) in [5.41, 5.74) is 1.69. The van der Waals surface area contributed by atoms with Gasteiger partial charge >= 0.3 is 0 Å². The van der Waals surface area contributed by atoms with Crippen LogP contribution in [0.2, 0.25) is 0 Å². The molecule has 0 bridgehead atoms. The van der Waals surface area contributed by atoms with Crippen molar-refractivity contribution < 1.29 is 0 Å². The molecule has 0 spiro atoms. The first kappa shape index (κ1) is 12.4. The van der Waals surface area contributed by atoms with Crippen LogP contribution in [0.1, 0.15) is 24.8 Å². The van der Waals surface area contributed by atoms with Crippen molar-refractivity contribution >= 4 is 21.6 Å². The Hall–Kier alpha value is -1.05. The zero-order valence-corrected chi connectivity index (χ0v) is 11.3. The second kappa shape index (κ2) is 6.04. The van der Waals surface area contributed by atoms with Crippen LogP contribution in [0, 0.1) is 11.3 Å². The molecule has 1 fully saturated rings. The Labute approximate surface area is 110 Å². The molecular weight excluding hydrogens is 278 g/mol. The lowest BCUT2D eigenvalue weighted by Crippen LogP contribution is -2.24. The Morgan fingerprint density at radius 3 is 3.06 bits per heavy atom. The summed E-state index contributed by atoms with van der Waals surface area (Å²) in [6, 6.07) is 8.52. The molecule has 1 saturated heterocycles. The number of nitrogens with one attached hydrogen (secondary N) is 2. The van der Waals surface area contributed by atoms with E-state index >= 15 is 0 Å². The van der Waals surface area contributed by atoms with Gasteiger partial charge in [0.25, 0.3) is 0 Å². The molecule has 1 aliphatic heterocycles. The van der Waals surface area contributed by atoms with E-state index in [0.29, 0.717) is 11.6 Å². The highest BCUT2D eigenvalue weighted by molar-refractivity contribution is 9.10. The molecule has 90 valence electrons. The summed E-state index contributed by atoms with van der Waals surface area (Å²) in [6.07, 6.45) is 3.71. The Balaban J connectivity index is 1.85. The summed E-state index contributed by atoms with van der Waals surface area (Å²) in [7, 11) is 0. The molecule has 1 aromatic carbocycles. The van der Waals surface area contributed by atoms with Gasteiger partial charge in [-0.1, -0.05) is 15.9 Å². The van der Waals surface area contributed by atoms with Crippen LogP contribution in [0.25, 0.3) is 0 Å². The zero-order valence-electron chi connectivity index (χ0n) is 9.67. The van der Waals surface area contributed by atoms with Gasteiger partial charge in [0.2, 0.25) is 0 Å². The number of hydrogen-bond donors (Lipinski definition) is 2. The quantitative estimate of drug-likeness (QED) is 0.897. The van der Waals surface area contributed by atoms with Gasteiger partial charge in [-0.2, -0.15) is 5.26 Å². The minimum Gasteiger partial charge on any atom is -0.385 e. The largest absolute Gasteiger partial charge is 0.385 e. The van der Waals surface area contributed by atoms with Crippen LogP contribution < -0.4 is 10.6 Å². The third kappa shape index (κ3) is 3.72. The van der Waals surface area contributed by atoms with Crippen LogP contribution in [0.15, 0.2) is 22.7 Å². The van der Waals surface area contributed by atoms with Gasteiger partial charge < -0.3 is 10.6 Å². The molecule has 0 radical (unpaired) electrons. The smallest absolute Gasteiger partial charge is 0.0992 e. The van der Waals surface area contributed by atoms with E-state index in [1.165, 1.54) is 12.8 Å². The highest BCUT2D eigenvalue weighted by atomic mass is 79.9. The summed E-state index contributed by atoms with van der Waals surface area (Å²) >= 11 is 3.41. The number of nitriles is 1. The number of anilines is 1. The lowest BCUT2D eigenvalue weighted by Gasteiger charge is -2.12. The fourth-order valence-corrected chi connectivity index (χ4v) is 2.64. The summed E-state index contributed by atoms with van der Waals surface area (Å²) < 4.78 is 0.943. The van der Waals surface area contributed by atoms with Gasteiger partial charge in [-0.3, -0.25) is 0 Å². The van der Waals surface area contributed by atoms with Crippen molar-refractivity contribution in [1.82, 2.24) is 5.32 Å². The highest BCUT2D eigenvalue weighted by Gasteiger charge is 2.12. The monoisotopic (exact) mass is 293 g/mol. The molecule has 0 saturated carbocycles. The minimum atomic E-state index is 0.657. The fourth-order valence-electron chi connectivity index (χ4n) is 2.15. The van der Waals surface area contributed by atoms with Crippen molar-refractivity contribution in [2.75, 3.05) is 18.4 Å². The third-order valence-electron chi connectivity index (χ3n) is 3.01. The average Bonchev–Trinajstić information content (AvgIpc) is 2.81. The maximum Gasteiger partial charge on any atom is 0.0992 e. The molecule has 3 nitrogen and oxygen atoms in total. The summed E-state index contributed by atoms with van der Waals surface area (Å²) in [5, 5.41) is 15.7. The van der Waals surface area contributed by atoms with Crippen molar-refractivity contribution in [1.29, 1.82) is 5.26 Å². The van der Waals surface area contributed by atoms with Crippen LogP contribution >= 0.6 is 15.9 Å². The van der Waals surface area contributed by atoms with Crippen molar-refractivity contribution in [2.45, 2.75) is 25.3 Å². The van der Waals surface area contributed by atoms with Gasteiger partial charge in [0.1, 0.15) is 0 Å². The Kier molecular flexibility index (Phi) is 4.41. The number of halogens is 1. The molecule has 1 atom stereocenters. The van der Waals surface area contributed by atoms with Crippen LogP contribution in [-0.4, -0.2) is 19.1 Å². The topological polar surface area (TPSA) is 47.9 Å². The molecule has 2 N–H and O–H groups in total. The van der Waals surface area contributed by atoms with E-state index in [1.54, 1.807) is 0 Å². The molecule has 0 unspecified atom stereocenters. The van der Waals surface area contributed by atoms with Gasteiger partial charge in [-0.15, -0.1) is 0 Å². The second-order valence-corrected chi connectivity index (χ2v) is 5.26. The van der Waals surface area contributed by atoms with Gasteiger partial charge in [0, 0.05) is 22.7 Å². The zero-order chi connectivity index (χ0) is 12.1. The van der Waals surface area contributed by atoms with Crippen LogP contribution in [0.5, 0.6) is 0 Å². The average molecular weight is 294 g/mol. The standard InChI is InChI=1S/C13H16BrN3/c14-11-6-10(9-15)7-13(8-11)17-5-3-12-2-1-4-16-12/h6-8,12,16-17H,1-5H2/t12-/m0/s1. The maximum atomic E-state index is 8.88. The third-order valence-corrected chi connectivity index (χ3v) is 3.47. The van der Waals surface area contributed by atoms with Crippen molar-refractivity contribution in [2.24, 2.45) is 0 Å². The summed E-state index contributed by atoms with van der Waals surface area (Å²) in [5.74, 6) is 0. The van der Waals surface area contributed by atoms with E-state index in [-0.39, 0.29) is 0 Å². The molecule has 1 aromatic rings. The first-order chi connectivity index (χ1) is 8.28. The van der Waals surface area contributed by atoms with Crippen LogP contribution in [0.4, 0.5) is 5.69 Å². The molecular formula is C13H16BrN3. The van der Waals surface area contributed by atoms with Crippen molar-refractivity contribution in [3.8, 4) is 6.07 Å². The molecule has 4 heteroatoms. The summed E-state index contributed by atoms with van der Waals surface area (Å²) in [4.78, 5) is 0. The first-order valence-corrected chi connectivity index (χ1v) is 6.75. The van der Waals surface area contributed by atoms with Gasteiger partial charge in [0.15, 0.2) is 0 Å². The molecule has 0 amide bonds. The number of rotatable bonds is 4. The molecule has 1 aliphatic rings. The predicted molar refractivity (Wildman–Crippen MR) is 73.0 cm³/mol. The molecule has 1 heterocycles. The van der Waals surface area contributed by atoms with E-state index in [9.17, 15) is 0 Å². The molecule has 2 rings (SSSR count). The number of hydrogen-bond acceptors (Lipinski definition) is 3. The molecule has 0 aliphatic carbocycles. The van der Waals surface area contributed by atoms with Crippen LogP contribution in [-0.2, 0) is 0 Å². The van der Waals surface area contributed by atoms with E-state index in [0.717, 1.165) is 29.7 Å². The maximum absolute atomic E-state index is 8.88. The van der Waals surface area contributed by atoms with Gasteiger partial charge in [-0.25, -0.2) is 0 Å².